The molecule has 2 atom stereocenters. The summed E-state index contributed by atoms with van der Waals surface area (Å²) in [7, 11) is 0. The maximum atomic E-state index is 11.0. The quantitative estimate of drug-likeness (QED) is 0.725. The third-order valence-corrected chi connectivity index (χ3v) is 2.36. The first-order chi connectivity index (χ1) is 7.18. The van der Waals surface area contributed by atoms with E-state index in [0.29, 0.717) is 5.56 Å². The van der Waals surface area contributed by atoms with Crippen LogP contribution in [-0.2, 0) is 14.3 Å². The van der Waals surface area contributed by atoms with E-state index >= 15 is 0 Å². The van der Waals surface area contributed by atoms with Crippen molar-refractivity contribution in [3.8, 4) is 0 Å². The first-order valence-electron chi connectivity index (χ1n) is 4.50. The Balaban J connectivity index is 2.28. The molecular formula is C10H9NO4. The largest absolute Gasteiger partial charge is 0.481 e. The molecule has 0 aliphatic carbocycles. The summed E-state index contributed by atoms with van der Waals surface area (Å²) in [5.74, 6) is -2.27. The molecule has 1 N–H and O–H groups in total. The lowest BCUT2D eigenvalue weighted by Crippen LogP contribution is -2.17. The monoisotopic (exact) mass is 207 g/mol. The van der Waals surface area contributed by atoms with E-state index in [4.69, 9.17) is 9.84 Å². The highest BCUT2D eigenvalue weighted by molar-refractivity contribution is 5.82. The van der Waals surface area contributed by atoms with E-state index < -0.39 is 24.0 Å². The minimum atomic E-state index is -1.01. The lowest BCUT2D eigenvalue weighted by atomic mass is 9.96. The molecule has 1 fully saturated rings. The molecule has 15 heavy (non-hydrogen) atoms. The topological polar surface area (TPSA) is 76.5 Å². The predicted octanol–water partition coefficient (Wildman–Crippen LogP) is 0.770. The number of carbonyl (C=O) groups excluding carboxylic acids is 1. The van der Waals surface area contributed by atoms with Gasteiger partial charge < -0.3 is 9.84 Å². The summed E-state index contributed by atoms with van der Waals surface area (Å²) >= 11 is 0. The first kappa shape index (κ1) is 9.64. The van der Waals surface area contributed by atoms with E-state index in [1.54, 1.807) is 24.5 Å². The number of pyridine rings is 1. The van der Waals surface area contributed by atoms with Gasteiger partial charge >= 0.3 is 11.9 Å². The minimum absolute atomic E-state index is 0.0671. The number of carboxylic acids is 1. The van der Waals surface area contributed by atoms with Crippen molar-refractivity contribution in [2.75, 3.05) is 0 Å². The highest BCUT2D eigenvalue weighted by Crippen LogP contribution is 2.34. The molecule has 5 heteroatoms. The van der Waals surface area contributed by atoms with Crippen LogP contribution in [0.15, 0.2) is 24.5 Å². The van der Waals surface area contributed by atoms with Gasteiger partial charge in [0.1, 0.15) is 12.0 Å². The molecule has 1 aliphatic rings. The number of rotatable bonds is 2. The van der Waals surface area contributed by atoms with Crippen molar-refractivity contribution in [3.63, 3.8) is 0 Å². The predicted molar refractivity (Wildman–Crippen MR) is 48.8 cm³/mol. The Bertz CT molecular complexity index is 390. The molecule has 0 aromatic carbocycles. The number of hydrogen-bond acceptors (Lipinski definition) is 4. The Morgan fingerprint density at radius 1 is 1.47 bits per heavy atom. The molecule has 0 unspecified atom stereocenters. The van der Waals surface area contributed by atoms with Crippen molar-refractivity contribution in [3.05, 3.63) is 30.1 Å². The zero-order valence-corrected chi connectivity index (χ0v) is 7.79. The van der Waals surface area contributed by atoms with Gasteiger partial charge in [0.25, 0.3) is 0 Å². The second-order valence-corrected chi connectivity index (χ2v) is 3.34. The van der Waals surface area contributed by atoms with Crippen LogP contribution >= 0.6 is 0 Å². The SMILES string of the molecule is O=C1C[C@H](C(=O)O)[C@@H](c2ccncc2)O1. The number of esters is 1. The van der Waals surface area contributed by atoms with Crippen molar-refractivity contribution < 1.29 is 19.4 Å². The van der Waals surface area contributed by atoms with E-state index in [1.807, 2.05) is 0 Å². The van der Waals surface area contributed by atoms with Crippen molar-refractivity contribution in [2.45, 2.75) is 12.5 Å². The number of ether oxygens (including phenoxy) is 1. The Kier molecular flexibility index (Phi) is 2.37. The van der Waals surface area contributed by atoms with Crippen molar-refractivity contribution in [1.82, 2.24) is 4.98 Å². The number of carbonyl (C=O) groups is 2. The van der Waals surface area contributed by atoms with E-state index in [0.717, 1.165) is 0 Å². The maximum Gasteiger partial charge on any atom is 0.311 e. The molecule has 2 rings (SSSR count). The second kappa shape index (κ2) is 3.68. The van der Waals surface area contributed by atoms with E-state index in [2.05, 4.69) is 4.98 Å². The van der Waals surface area contributed by atoms with Crippen LogP contribution in [0.3, 0.4) is 0 Å². The van der Waals surface area contributed by atoms with Gasteiger partial charge in [-0.3, -0.25) is 14.6 Å². The second-order valence-electron chi connectivity index (χ2n) is 3.34. The normalized spacial score (nSPS) is 24.9. The van der Waals surface area contributed by atoms with Gasteiger partial charge in [-0.2, -0.15) is 0 Å². The molecule has 0 amide bonds. The Morgan fingerprint density at radius 2 is 2.13 bits per heavy atom. The highest BCUT2D eigenvalue weighted by atomic mass is 16.6. The standard InChI is InChI=1S/C10H9NO4/c12-8-5-7(10(13)14)9(15-8)6-1-3-11-4-2-6/h1-4,7,9H,5H2,(H,13,14)/t7-,9+/m0/s1. The van der Waals surface area contributed by atoms with Gasteiger partial charge in [0.2, 0.25) is 0 Å². The molecule has 0 bridgehead atoms. The Hall–Kier alpha value is -1.91. The third-order valence-electron chi connectivity index (χ3n) is 2.36. The van der Waals surface area contributed by atoms with Gasteiger partial charge in [-0.25, -0.2) is 0 Å². The molecule has 0 saturated carbocycles. The van der Waals surface area contributed by atoms with Gasteiger partial charge in [-0.1, -0.05) is 0 Å². The van der Waals surface area contributed by atoms with Crippen LogP contribution in [0, 0.1) is 5.92 Å². The molecule has 0 spiro atoms. The summed E-state index contributed by atoms with van der Waals surface area (Å²) in [6.45, 7) is 0. The number of carboxylic acid groups (broad SMARTS) is 1. The van der Waals surface area contributed by atoms with Gasteiger partial charge in [0.15, 0.2) is 0 Å². The van der Waals surface area contributed by atoms with Gasteiger partial charge in [0.05, 0.1) is 6.42 Å². The molecule has 1 aromatic rings. The van der Waals surface area contributed by atoms with Gasteiger partial charge in [-0.15, -0.1) is 0 Å². The first-order valence-corrected chi connectivity index (χ1v) is 4.50. The molecule has 1 aromatic heterocycles. The van der Waals surface area contributed by atoms with Crippen LogP contribution in [-0.4, -0.2) is 22.0 Å². The molecule has 1 saturated heterocycles. The zero-order valence-electron chi connectivity index (χ0n) is 7.79. The Labute approximate surface area is 85.7 Å². The molecule has 1 aliphatic heterocycles. The van der Waals surface area contributed by atoms with Crippen molar-refractivity contribution in [1.29, 1.82) is 0 Å². The van der Waals surface area contributed by atoms with Crippen molar-refractivity contribution in [2.24, 2.45) is 5.92 Å². The highest BCUT2D eigenvalue weighted by Gasteiger charge is 2.40. The Morgan fingerprint density at radius 3 is 2.73 bits per heavy atom. The van der Waals surface area contributed by atoms with Crippen LogP contribution in [0.4, 0.5) is 0 Å². The molecule has 0 radical (unpaired) electrons. The van der Waals surface area contributed by atoms with Crippen LogP contribution in [0.25, 0.3) is 0 Å². The van der Waals surface area contributed by atoms with Crippen LogP contribution in [0.2, 0.25) is 0 Å². The summed E-state index contributed by atoms with van der Waals surface area (Å²) in [6.07, 6.45) is 2.33. The third kappa shape index (κ3) is 1.81. The summed E-state index contributed by atoms with van der Waals surface area (Å²) in [6, 6.07) is 3.30. The fourth-order valence-electron chi connectivity index (χ4n) is 1.63. The number of cyclic esters (lactones) is 1. The molecule has 78 valence electrons. The van der Waals surface area contributed by atoms with Crippen LogP contribution < -0.4 is 0 Å². The van der Waals surface area contributed by atoms with E-state index in [-0.39, 0.29) is 6.42 Å². The van der Waals surface area contributed by atoms with Crippen LogP contribution in [0.5, 0.6) is 0 Å². The average Bonchev–Trinajstić information content (AvgIpc) is 2.62. The van der Waals surface area contributed by atoms with E-state index in [9.17, 15) is 9.59 Å². The fourth-order valence-corrected chi connectivity index (χ4v) is 1.63. The summed E-state index contributed by atoms with van der Waals surface area (Å²) in [5, 5.41) is 8.91. The number of hydrogen-bond donors (Lipinski definition) is 1. The molecular weight excluding hydrogens is 198 g/mol. The van der Waals surface area contributed by atoms with E-state index in [1.165, 1.54) is 0 Å². The fraction of sp³-hybridized carbons (Fsp3) is 0.300. The van der Waals surface area contributed by atoms with Crippen molar-refractivity contribution >= 4 is 11.9 Å². The number of aromatic nitrogens is 1. The van der Waals surface area contributed by atoms with Gasteiger partial charge in [0, 0.05) is 12.4 Å². The number of nitrogens with zero attached hydrogens (tertiary/aromatic N) is 1. The molecule has 2 heterocycles. The average molecular weight is 207 g/mol. The van der Waals surface area contributed by atoms with Crippen LogP contribution in [0.1, 0.15) is 18.1 Å². The lowest BCUT2D eigenvalue weighted by molar-refractivity contribution is -0.144. The zero-order chi connectivity index (χ0) is 10.8. The summed E-state index contributed by atoms with van der Waals surface area (Å²) in [4.78, 5) is 25.7. The maximum absolute atomic E-state index is 11.0. The lowest BCUT2D eigenvalue weighted by Gasteiger charge is -2.13. The number of aliphatic carboxylic acids is 1. The van der Waals surface area contributed by atoms with Gasteiger partial charge in [-0.05, 0) is 17.7 Å². The minimum Gasteiger partial charge on any atom is -0.481 e. The summed E-state index contributed by atoms with van der Waals surface area (Å²) < 4.78 is 4.97. The smallest absolute Gasteiger partial charge is 0.311 e. The summed E-state index contributed by atoms with van der Waals surface area (Å²) in [5.41, 5.74) is 0.670. The molecule has 5 nitrogen and oxygen atoms in total.